The molecule has 3 N–H and O–H groups in total. The third kappa shape index (κ3) is 13.8. The van der Waals surface area contributed by atoms with E-state index in [1.807, 2.05) is 34.6 Å². The average Bonchev–Trinajstić information content (AvgIpc) is 3.76. The lowest BCUT2D eigenvalue weighted by atomic mass is 9.76. The molecule has 11 heteroatoms. The van der Waals surface area contributed by atoms with E-state index < -0.39 is 52.9 Å². The zero-order valence-corrected chi connectivity index (χ0v) is 32.7. The number of ketones is 4. The first-order chi connectivity index (χ1) is 24.6. The van der Waals surface area contributed by atoms with Crippen molar-refractivity contribution in [2.45, 2.75) is 187 Å². The van der Waals surface area contributed by atoms with Gasteiger partial charge in [0.15, 0.2) is 11.6 Å². The third-order valence-corrected chi connectivity index (χ3v) is 11.2. The van der Waals surface area contributed by atoms with Crippen LogP contribution in [0.25, 0.3) is 0 Å². The Bertz CT molecular complexity index is 1250. The van der Waals surface area contributed by atoms with E-state index >= 15 is 0 Å². The molecule has 0 spiro atoms. The van der Waals surface area contributed by atoms with Gasteiger partial charge in [0.1, 0.15) is 11.8 Å². The molecule has 1 heterocycles. The molecular formula is C41H67N3O8. The Morgan fingerprint density at radius 1 is 0.846 bits per heavy atom. The van der Waals surface area contributed by atoms with Gasteiger partial charge in [-0.1, -0.05) is 78.1 Å². The molecule has 3 amide bonds. The lowest BCUT2D eigenvalue weighted by Gasteiger charge is -2.34. The first-order valence-corrected chi connectivity index (χ1v) is 20.3. The number of hydrogen-bond donors (Lipinski definition) is 2. The van der Waals surface area contributed by atoms with Crippen LogP contribution in [0.2, 0.25) is 0 Å². The maximum Gasteiger partial charge on any atom is 0.239 e. The number of carbonyl (C=O) groups excluding carboxylic acids is 7. The van der Waals surface area contributed by atoms with Gasteiger partial charge in [0.25, 0.3) is 0 Å². The van der Waals surface area contributed by atoms with E-state index in [1.54, 1.807) is 4.90 Å². The number of nitrogens with zero attached hydrogens (tertiary/aromatic N) is 1. The van der Waals surface area contributed by atoms with Crippen LogP contribution in [0.15, 0.2) is 0 Å². The molecule has 3 aliphatic rings. The van der Waals surface area contributed by atoms with Crippen LogP contribution in [-0.2, 0) is 38.3 Å². The molecule has 1 saturated heterocycles. The molecule has 0 aromatic carbocycles. The Balaban J connectivity index is 1.75. The van der Waals surface area contributed by atoms with Crippen molar-refractivity contribution < 1.29 is 38.3 Å². The number of unbranched alkanes of at least 4 members (excludes halogenated alkanes) is 1. The van der Waals surface area contributed by atoms with Gasteiger partial charge in [0.2, 0.25) is 23.5 Å². The molecule has 3 rings (SSSR count). The quantitative estimate of drug-likeness (QED) is 0.129. The van der Waals surface area contributed by atoms with Crippen molar-refractivity contribution in [2.24, 2.45) is 29.4 Å². The van der Waals surface area contributed by atoms with Crippen molar-refractivity contribution >= 4 is 40.9 Å². The van der Waals surface area contributed by atoms with Crippen LogP contribution in [-0.4, -0.2) is 76.1 Å². The first kappa shape index (κ1) is 43.5. The van der Waals surface area contributed by atoms with Crippen LogP contribution in [0.1, 0.15) is 163 Å². The summed E-state index contributed by atoms with van der Waals surface area (Å²) in [6.45, 7) is 9.86. The van der Waals surface area contributed by atoms with Crippen LogP contribution in [0.4, 0.5) is 0 Å². The average molecular weight is 730 g/mol. The van der Waals surface area contributed by atoms with Gasteiger partial charge >= 0.3 is 0 Å². The number of ether oxygens (including phenoxy) is 1. The fourth-order valence-corrected chi connectivity index (χ4v) is 8.59. The van der Waals surface area contributed by atoms with Gasteiger partial charge in [-0.15, -0.1) is 0 Å². The second kappa shape index (κ2) is 21.1. The Morgan fingerprint density at radius 2 is 1.50 bits per heavy atom. The number of rotatable bonds is 22. The molecule has 3 fully saturated rings. The van der Waals surface area contributed by atoms with Gasteiger partial charge in [0.05, 0.1) is 17.7 Å². The number of carbonyl (C=O) groups is 7. The SMILES string of the molecule is CCCCC(NC(=O)CCC(=O)C(=O)C(CCC)CC(=O)[C@@H]1C[C@@H](OC(C)(C)C)CN1C(=O)C(CC(=O)CC1CCCC1)C1CCCCC1)C(N)=O. The van der Waals surface area contributed by atoms with Crippen LogP contribution < -0.4 is 11.1 Å². The summed E-state index contributed by atoms with van der Waals surface area (Å²) in [4.78, 5) is 94.7. The summed E-state index contributed by atoms with van der Waals surface area (Å²) in [6.07, 6.45) is 11.9. The molecule has 2 aliphatic carbocycles. The topological polar surface area (TPSA) is 170 Å². The third-order valence-electron chi connectivity index (χ3n) is 11.2. The first-order valence-electron chi connectivity index (χ1n) is 20.3. The summed E-state index contributed by atoms with van der Waals surface area (Å²) in [5, 5.41) is 2.57. The molecule has 0 bridgehead atoms. The highest BCUT2D eigenvalue weighted by molar-refractivity contribution is 6.38. The normalized spacial score (nSPS) is 21.8. The smallest absolute Gasteiger partial charge is 0.239 e. The Hall–Kier alpha value is -2.95. The zero-order chi connectivity index (χ0) is 38.4. The van der Waals surface area contributed by atoms with Gasteiger partial charge in [-0.05, 0) is 58.3 Å². The molecule has 0 aromatic rings. The van der Waals surface area contributed by atoms with Crippen molar-refractivity contribution in [1.82, 2.24) is 10.2 Å². The van der Waals surface area contributed by atoms with E-state index in [4.69, 9.17) is 10.5 Å². The Kier molecular flexibility index (Phi) is 17.6. The molecule has 0 radical (unpaired) electrons. The van der Waals surface area contributed by atoms with E-state index in [0.29, 0.717) is 38.0 Å². The lowest BCUT2D eigenvalue weighted by Crippen LogP contribution is -2.47. The van der Waals surface area contributed by atoms with E-state index in [9.17, 15) is 33.6 Å². The van der Waals surface area contributed by atoms with Crippen molar-refractivity contribution in [3.05, 3.63) is 0 Å². The highest BCUT2D eigenvalue weighted by Gasteiger charge is 2.46. The molecule has 2 saturated carbocycles. The summed E-state index contributed by atoms with van der Waals surface area (Å²) < 4.78 is 6.31. The number of nitrogens with two attached hydrogens (primary N) is 1. The maximum atomic E-state index is 14.6. The van der Waals surface area contributed by atoms with E-state index in [2.05, 4.69) is 5.32 Å². The summed E-state index contributed by atoms with van der Waals surface area (Å²) in [7, 11) is 0. The largest absolute Gasteiger partial charge is 0.371 e. The minimum Gasteiger partial charge on any atom is -0.371 e. The molecule has 294 valence electrons. The van der Waals surface area contributed by atoms with Gasteiger partial charge in [-0.25, -0.2) is 0 Å². The van der Waals surface area contributed by atoms with Crippen molar-refractivity contribution in [3.8, 4) is 0 Å². The monoisotopic (exact) mass is 729 g/mol. The number of Topliss-reactive ketones (excluding diaryl/α,β-unsaturated/α-hetero) is 4. The number of amides is 3. The van der Waals surface area contributed by atoms with Gasteiger partial charge in [0, 0.05) is 56.9 Å². The van der Waals surface area contributed by atoms with Crippen molar-refractivity contribution in [3.63, 3.8) is 0 Å². The minimum atomic E-state index is -0.877. The summed E-state index contributed by atoms with van der Waals surface area (Å²) in [5.41, 5.74) is 4.91. The predicted octanol–water partition coefficient (Wildman–Crippen LogP) is 5.96. The Labute approximate surface area is 311 Å². The van der Waals surface area contributed by atoms with Gasteiger partial charge in [-0.2, -0.15) is 0 Å². The van der Waals surface area contributed by atoms with Crippen LogP contribution in [0.5, 0.6) is 0 Å². The Morgan fingerprint density at radius 3 is 2.10 bits per heavy atom. The lowest BCUT2D eigenvalue weighted by molar-refractivity contribution is -0.146. The van der Waals surface area contributed by atoms with Gasteiger partial charge in [-0.3, -0.25) is 33.6 Å². The van der Waals surface area contributed by atoms with E-state index in [0.717, 1.165) is 64.2 Å². The number of hydrogen-bond acceptors (Lipinski definition) is 8. The predicted molar refractivity (Wildman–Crippen MR) is 199 cm³/mol. The second-order valence-electron chi connectivity index (χ2n) is 16.8. The molecule has 1 aliphatic heterocycles. The molecular weight excluding hydrogens is 662 g/mol. The summed E-state index contributed by atoms with van der Waals surface area (Å²) in [6, 6.07) is -1.66. The highest BCUT2D eigenvalue weighted by atomic mass is 16.5. The molecule has 11 nitrogen and oxygen atoms in total. The molecule has 5 atom stereocenters. The zero-order valence-electron chi connectivity index (χ0n) is 32.7. The molecule has 0 aromatic heterocycles. The molecule has 3 unspecified atom stereocenters. The molecule has 52 heavy (non-hydrogen) atoms. The summed E-state index contributed by atoms with van der Waals surface area (Å²) >= 11 is 0. The fourth-order valence-electron chi connectivity index (χ4n) is 8.59. The highest BCUT2D eigenvalue weighted by Crippen LogP contribution is 2.37. The van der Waals surface area contributed by atoms with E-state index in [1.165, 1.54) is 0 Å². The number of likely N-dealkylation sites (tertiary alicyclic amines) is 1. The fraction of sp³-hybridized carbons (Fsp3) is 0.829. The van der Waals surface area contributed by atoms with Crippen LogP contribution in [0.3, 0.4) is 0 Å². The van der Waals surface area contributed by atoms with Crippen LogP contribution in [0, 0.1) is 23.7 Å². The number of primary amides is 1. The van der Waals surface area contributed by atoms with Crippen LogP contribution >= 0.6 is 0 Å². The summed E-state index contributed by atoms with van der Waals surface area (Å²) in [5.74, 6) is -3.84. The van der Waals surface area contributed by atoms with Crippen molar-refractivity contribution in [2.75, 3.05) is 6.54 Å². The minimum absolute atomic E-state index is 0.0845. The number of nitrogens with one attached hydrogen (secondary N) is 1. The standard InChI is InChI=1S/C41H67N3O8/c1-6-8-19-33(39(42)50)43-37(48)21-20-35(46)38(49)29(14-7-2)23-36(47)34-25-31(52-41(3,4)5)26-44(34)40(51)32(28-17-10-9-11-18-28)24-30(45)22-27-15-12-13-16-27/h27-29,31-34H,6-26H2,1-5H3,(H2,42,50)(H,43,48)/t29?,31-,32?,33?,34+/m1/s1. The van der Waals surface area contributed by atoms with E-state index in [-0.39, 0.29) is 68.1 Å². The second-order valence-corrected chi connectivity index (χ2v) is 16.8. The maximum absolute atomic E-state index is 14.6. The van der Waals surface area contributed by atoms with Gasteiger partial charge < -0.3 is 20.7 Å². The van der Waals surface area contributed by atoms with Crippen molar-refractivity contribution in [1.29, 1.82) is 0 Å².